The van der Waals surface area contributed by atoms with Crippen molar-refractivity contribution in [2.45, 2.75) is 25.4 Å². The van der Waals surface area contributed by atoms with Crippen LogP contribution in [0.5, 0.6) is 0 Å². The van der Waals surface area contributed by atoms with E-state index in [-0.39, 0.29) is 5.56 Å². The summed E-state index contributed by atoms with van der Waals surface area (Å²) in [4.78, 5) is 10.8. The SMILES string of the molecule is CC(c1ccc(F)cc1F)C(C)(O)C(=O)O. The van der Waals surface area contributed by atoms with Gasteiger partial charge in [0.1, 0.15) is 11.6 Å². The van der Waals surface area contributed by atoms with Gasteiger partial charge < -0.3 is 10.2 Å². The minimum absolute atomic E-state index is 0.0335. The zero-order chi connectivity index (χ0) is 12.5. The number of carboxylic acids is 1. The molecule has 0 fully saturated rings. The molecule has 0 saturated carbocycles. The molecule has 2 unspecified atom stereocenters. The minimum atomic E-state index is -2.10. The van der Waals surface area contributed by atoms with Crippen molar-refractivity contribution in [3.63, 3.8) is 0 Å². The Bertz CT molecular complexity index is 416. The summed E-state index contributed by atoms with van der Waals surface area (Å²) in [6.07, 6.45) is 0. The molecule has 0 aromatic heterocycles. The normalized spacial score (nSPS) is 16.6. The Balaban J connectivity index is 3.14. The Morgan fingerprint density at radius 3 is 2.44 bits per heavy atom. The van der Waals surface area contributed by atoms with Gasteiger partial charge >= 0.3 is 5.97 Å². The van der Waals surface area contributed by atoms with Crippen molar-refractivity contribution < 1.29 is 23.8 Å². The number of rotatable bonds is 3. The van der Waals surface area contributed by atoms with Gasteiger partial charge in [-0.05, 0) is 18.6 Å². The van der Waals surface area contributed by atoms with Crippen LogP contribution < -0.4 is 0 Å². The van der Waals surface area contributed by atoms with Gasteiger partial charge in [-0.3, -0.25) is 0 Å². The van der Waals surface area contributed by atoms with Crippen molar-refractivity contribution in [1.29, 1.82) is 0 Å². The Hall–Kier alpha value is -1.49. The summed E-state index contributed by atoms with van der Waals surface area (Å²) >= 11 is 0. The molecule has 1 aromatic carbocycles. The molecule has 88 valence electrons. The molecule has 2 atom stereocenters. The Morgan fingerprint density at radius 2 is 2.00 bits per heavy atom. The molecule has 0 heterocycles. The van der Waals surface area contributed by atoms with E-state index >= 15 is 0 Å². The Labute approximate surface area is 91.3 Å². The molecule has 0 spiro atoms. The van der Waals surface area contributed by atoms with E-state index in [1.165, 1.54) is 6.92 Å². The first-order valence-corrected chi connectivity index (χ1v) is 4.67. The fraction of sp³-hybridized carbons (Fsp3) is 0.364. The molecule has 1 aromatic rings. The van der Waals surface area contributed by atoms with E-state index in [1.54, 1.807) is 0 Å². The molecule has 1 rings (SSSR count). The molecule has 0 amide bonds. The first-order valence-electron chi connectivity index (χ1n) is 4.67. The van der Waals surface area contributed by atoms with Crippen molar-refractivity contribution in [2.24, 2.45) is 0 Å². The highest BCUT2D eigenvalue weighted by molar-refractivity contribution is 5.78. The van der Waals surface area contributed by atoms with E-state index in [9.17, 15) is 18.7 Å². The fourth-order valence-electron chi connectivity index (χ4n) is 1.34. The highest BCUT2D eigenvalue weighted by Crippen LogP contribution is 2.30. The molecule has 0 aliphatic carbocycles. The number of aliphatic hydroxyl groups is 1. The fourth-order valence-corrected chi connectivity index (χ4v) is 1.34. The number of benzene rings is 1. The molecule has 5 heteroatoms. The lowest BCUT2D eigenvalue weighted by atomic mass is 9.84. The zero-order valence-corrected chi connectivity index (χ0v) is 8.87. The standard InChI is InChI=1S/C11H12F2O3/c1-6(11(2,16)10(14)15)8-4-3-7(12)5-9(8)13/h3-6,16H,1-2H3,(H,14,15). The molecule has 0 saturated heterocycles. The van der Waals surface area contributed by atoms with Crippen molar-refractivity contribution in [3.8, 4) is 0 Å². The monoisotopic (exact) mass is 230 g/mol. The molecule has 16 heavy (non-hydrogen) atoms. The van der Waals surface area contributed by atoms with E-state index < -0.39 is 29.1 Å². The summed E-state index contributed by atoms with van der Waals surface area (Å²) in [5.74, 6) is -4.05. The van der Waals surface area contributed by atoms with Gasteiger partial charge in [0.25, 0.3) is 0 Å². The molecular weight excluding hydrogens is 218 g/mol. The second-order valence-electron chi connectivity index (χ2n) is 3.84. The quantitative estimate of drug-likeness (QED) is 0.833. The molecule has 0 aliphatic heterocycles. The number of carboxylic acid groups (broad SMARTS) is 1. The van der Waals surface area contributed by atoms with Crippen molar-refractivity contribution in [2.75, 3.05) is 0 Å². The van der Waals surface area contributed by atoms with E-state index in [0.717, 1.165) is 19.1 Å². The zero-order valence-electron chi connectivity index (χ0n) is 8.87. The van der Waals surface area contributed by atoms with Crippen LogP contribution in [0.2, 0.25) is 0 Å². The Kier molecular flexibility index (Phi) is 3.28. The minimum Gasteiger partial charge on any atom is -0.479 e. The lowest BCUT2D eigenvalue weighted by Crippen LogP contribution is -2.40. The van der Waals surface area contributed by atoms with Gasteiger partial charge in [-0.2, -0.15) is 0 Å². The number of carbonyl (C=O) groups is 1. The van der Waals surface area contributed by atoms with E-state index in [1.807, 2.05) is 0 Å². The summed E-state index contributed by atoms with van der Waals surface area (Å²) in [6, 6.07) is 2.81. The summed E-state index contributed by atoms with van der Waals surface area (Å²) in [6.45, 7) is 2.44. The van der Waals surface area contributed by atoms with E-state index in [4.69, 9.17) is 5.11 Å². The maximum Gasteiger partial charge on any atom is 0.336 e. The van der Waals surface area contributed by atoms with Gasteiger partial charge in [0.05, 0.1) is 0 Å². The molecule has 0 radical (unpaired) electrons. The maximum atomic E-state index is 13.4. The molecule has 3 nitrogen and oxygen atoms in total. The topological polar surface area (TPSA) is 57.5 Å². The highest BCUT2D eigenvalue weighted by Gasteiger charge is 2.38. The van der Waals surface area contributed by atoms with Crippen LogP contribution in [-0.4, -0.2) is 21.8 Å². The molecule has 0 bridgehead atoms. The van der Waals surface area contributed by atoms with Crippen molar-refractivity contribution in [3.05, 3.63) is 35.4 Å². The van der Waals surface area contributed by atoms with E-state index in [0.29, 0.717) is 6.07 Å². The number of hydrogen-bond donors (Lipinski definition) is 2. The molecular formula is C11H12F2O3. The van der Waals surface area contributed by atoms with Crippen molar-refractivity contribution in [1.82, 2.24) is 0 Å². The summed E-state index contributed by atoms with van der Waals surface area (Å²) in [5, 5.41) is 18.4. The smallest absolute Gasteiger partial charge is 0.336 e. The van der Waals surface area contributed by atoms with Crippen LogP contribution in [0.4, 0.5) is 8.78 Å². The van der Waals surface area contributed by atoms with Gasteiger partial charge in [-0.25, -0.2) is 13.6 Å². The van der Waals surface area contributed by atoms with Crippen LogP contribution in [0, 0.1) is 11.6 Å². The third kappa shape index (κ3) is 2.19. The van der Waals surface area contributed by atoms with Gasteiger partial charge in [-0.1, -0.05) is 13.0 Å². The lowest BCUT2D eigenvalue weighted by Gasteiger charge is -2.26. The summed E-state index contributed by atoms with van der Waals surface area (Å²) in [7, 11) is 0. The van der Waals surface area contributed by atoms with Crippen LogP contribution in [-0.2, 0) is 4.79 Å². The van der Waals surface area contributed by atoms with Crippen LogP contribution in [0.1, 0.15) is 25.3 Å². The van der Waals surface area contributed by atoms with Gasteiger partial charge in [-0.15, -0.1) is 0 Å². The number of aliphatic carboxylic acids is 1. The van der Waals surface area contributed by atoms with Gasteiger partial charge in [0.2, 0.25) is 0 Å². The average molecular weight is 230 g/mol. The molecule has 2 N–H and O–H groups in total. The van der Waals surface area contributed by atoms with Gasteiger partial charge in [0.15, 0.2) is 5.60 Å². The number of halogens is 2. The molecule has 0 aliphatic rings. The third-order valence-electron chi connectivity index (χ3n) is 2.71. The lowest BCUT2D eigenvalue weighted by molar-refractivity contribution is -0.158. The average Bonchev–Trinajstić information content (AvgIpc) is 2.16. The second kappa shape index (κ2) is 4.17. The number of hydrogen-bond acceptors (Lipinski definition) is 2. The van der Waals surface area contributed by atoms with Gasteiger partial charge in [0, 0.05) is 12.0 Å². The Morgan fingerprint density at radius 1 is 1.44 bits per heavy atom. The van der Waals surface area contributed by atoms with Crippen LogP contribution >= 0.6 is 0 Å². The summed E-state index contributed by atoms with van der Waals surface area (Å²) in [5.41, 5.74) is -2.13. The van der Waals surface area contributed by atoms with Crippen LogP contribution in [0.3, 0.4) is 0 Å². The van der Waals surface area contributed by atoms with E-state index in [2.05, 4.69) is 0 Å². The van der Waals surface area contributed by atoms with Crippen molar-refractivity contribution >= 4 is 5.97 Å². The first kappa shape index (κ1) is 12.6. The predicted octanol–water partition coefficient (Wildman–Crippen LogP) is 1.90. The largest absolute Gasteiger partial charge is 0.479 e. The third-order valence-corrected chi connectivity index (χ3v) is 2.71. The predicted molar refractivity (Wildman–Crippen MR) is 53.0 cm³/mol. The highest BCUT2D eigenvalue weighted by atomic mass is 19.1. The van der Waals surface area contributed by atoms with Crippen LogP contribution in [0.25, 0.3) is 0 Å². The first-order chi connectivity index (χ1) is 7.26. The maximum absolute atomic E-state index is 13.4. The van der Waals surface area contributed by atoms with Crippen LogP contribution in [0.15, 0.2) is 18.2 Å². The summed E-state index contributed by atoms with van der Waals surface area (Å²) < 4.78 is 26.0. The second-order valence-corrected chi connectivity index (χ2v) is 3.84.